The zero-order valence-corrected chi connectivity index (χ0v) is 11.7. The van der Waals surface area contributed by atoms with Crippen molar-refractivity contribution in [2.24, 2.45) is 0 Å². The Hall–Kier alpha value is -1.03. The fourth-order valence-corrected chi connectivity index (χ4v) is 1.52. The van der Waals surface area contributed by atoms with Crippen LogP contribution in [-0.4, -0.2) is 21.2 Å². The molecular weight excluding hydrogens is 238 g/mol. The monoisotopic (exact) mass is 257 g/mol. The molecule has 5 heteroatoms. The summed E-state index contributed by atoms with van der Waals surface area (Å²) in [4.78, 5) is 11.9. The molecule has 0 aliphatic carbocycles. The van der Waals surface area contributed by atoms with E-state index in [1.54, 1.807) is 10.9 Å². The first-order valence-corrected chi connectivity index (χ1v) is 6.14. The van der Waals surface area contributed by atoms with Crippen LogP contribution in [0.1, 0.15) is 51.6 Å². The van der Waals surface area contributed by atoms with E-state index < -0.39 is 5.38 Å². The van der Waals surface area contributed by atoms with Gasteiger partial charge in [0, 0.05) is 23.3 Å². The molecule has 0 bridgehead atoms. The Morgan fingerprint density at radius 2 is 2.06 bits per heavy atom. The van der Waals surface area contributed by atoms with Crippen LogP contribution in [0.2, 0.25) is 0 Å². The SMILES string of the molecule is CC(C)n1cc(C(Cl)C(=O)NC(C)(C)C)cn1. The highest BCUT2D eigenvalue weighted by molar-refractivity contribution is 6.30. The summed E-state index contributed by atoms with van der Waals surface area (Å²) >= 11 is 6.12. The van der Waals surface area contributed by atoms with Gasteiger partial charge in [0.05, 0.1) is 6.20 Å². The van der Waals surface area contributed by atoms with Gasteiger partial charge in [0.25, 0.3) is 0 Å². The molecule has 0 spiro atoms. The number of amides is 1. The molecule has 1 aromatic rings. The van der Waals surface area contributed by atoms with Crippen molar-refractivity contribution >= 4 is 17.5 Å². The molecule has 0 aliphatic heterocycles. The van der Waals surface area contributed by atoms with E-state index in [0.29, 0.717) is 0 Å². The van der Waals surface area contributed by atoms with Crippen LogP contribution in [0.4, 0.5) is 0 Å². The number of halogens is 1. The third-order valence-corrected chi connectivity index (χ3v) is 2.62. The Balaban J connectivity index is 2.75. The molecule has 0 radical (unpaired) electrons. The predicted molar refractivity (Wildman–Crippen MR) is 69.1 cm³/mol. The summed E-state index contributed by atoms with van der Waals surface area (Å²) in [6.45, 7) is 9.81. The molecule has 1 rings (SSSR count). The van der Waals surface area contributed by atoms with Gasteiger partial charge >= 0.3 is 0 Å². The Morgan fingerprint density at radius 1 is 1.47 bits per heavy atom. The molecule has 0 aromatic carbocycles. The van der Waals surface area contributed by atoms with Gasteiger partial charge in [-0.1, -0.05) is 0 Å². The van der Waals surface area contributed by atoms with Gasteiger partial charge in [-0.15, -0.1) is 11.6 Å². The third kappa shape index (κ3) is 4.04. The van der Waals surface area contributed by atoms with Gasteiger partial charge in [-0.05, 0) is 34.6 Å². The van der Waals surface area contributed by atoms with Gasteiger partial charge in [-0.2, -0.15) is 5.10 Å². The molecule has 1 amide bonds. The van der Waals surface area contributed by atoms with Crippen LogP contribution in [-0.2, 0) is 4.79 Å². The Labute approximate surface area is 107 Å². The number of hydrogen-bond donors (Lipinski definition) is 1. The summed E-state index contributed by atoms with van der Waals surface area (Å²) in [5.41, 5.74) is 0.445. The molecule has 17 heavy (non-hydrogen) atoms. The summed E-state index contributed by atoms with van der Waals surface area (Å²) in [7, 11) is 0. The lowest BCUT2D eigenvalue weighted by molar-refractivity contribution is -0.122. The number of hydrogen-bond acceptors (Lipinski definition) is 2. The third-order valence-electron chi connectivity index (χ3n) is 2.17. The van der Waals surface area contributed by atoms with Gasteiger partial charge in [-0.25, -0.2) is 0 Å². The lowest BCUT2D eigenvalue weighted by atomic mass is 10.1. The van der Waals surface area contributed by atoms with Crippen LogP contribution in [0.5, 0.6) is 0 Å². The first-order valence-electron chi connectivity index (χ1n) is 5.71. The van der Waals surface area contributed by atoms with Crippen molar-refractivity contribution in [3.05, 3.63) is 18.0 Å². The Bertz CT molecular complexity index is 393. The fraction of sp³-hybridized carbons (Fsp3) is 0.667. The smallest absolute Gasteiger partial charge is 0.243 e. The number of rotatable bonds is 3. The molecule has 4 nitrogen and oxygen atoms in total. The van der Waals surface area contributed by atoms with Crippen molar-refractivity contribution in [1.29, 1.82) is 0 Å². The van der Waals surface area contributed by atoms with E-state index in [1.165, 1.54) is 0 Å². The molecule has 1 atom stereocenters. The van der Waals surface area contributed by atoms with Gasteiger partial charge in [-0.3, -0.25) is 9.48 Å². The van der Waals surface area contributed by atoms with Crippen molar-refractivity contribution in [3.8, 4) is 0 Å². The van der Waals surface area contributed by atoms with Crippen molar-refractivity contribution in [3.63, 3.8) is 0 Å². The number of alkyl halides is 1. The Kier molecular flexibility index (Phi) is 4.20. The van der Waals surface area contributed by atoms with Gasteiger partial charge in [0.1, 0.15) is 5.38 Å². The van der Waals surface area contributed by atoms with E-state index in [9.17, 15) is 4.79 Å². The van der Waals surface area contributed by atoms with E-state index in [0.717, 1.165) is 5.56 Å². The standard InChI is InChI=1S/C12H20ClN3O/c1-8(2)16-7-9(6-14-16)10(13)11(17)15-12(3,4)5/h6-8,10H,1-5H3,(H,15,17). The summed E-state index contributed by atoms with van der Waals surface area (Å²) < 4.78 is 1.79. The quantitative estimate of drug-likeness (QED) is 0.847. The molecule has 1 aromatic heterocycles. The number of nitrogens with zero attached hydrogens (tertiary/aromatic N) is 2. The lowest BCUT2D eigenvalue weighted by Gasteiger charge is -2.22. The normalized spacial score (nSPS) is 13.8. The molecule has 0 aliphatic rings. The van der Waals surface area contributed by atoms with Crippen molar-refractivity contribution in [2.75, 3.05) is 0 Å². The second kappa shape index (κ2) is 5.08. The number of carbonyl (C=O) groups excluding carboxylic acids is 1. The van der Waals surface area contributed by atoms with E-state index in [-0.39, 0.29) is 17.5 Å². The second-order valence-electron chi connectivity index (χ2n) is 5.45. The van der Waals surface area contributed by atoms with Crippen molar-refractivity contribution in [2.45, 2.75) is 51.6 Å². The number of nitrogens with one attached hydrogen (secondary N) is 1. The average Bonchev–Trinajstić information content (AvgIpc) is 2.62. The van der Waals surface area contributed by atoms with E-state index >= 15 is 0 Å². The average molecular weight is 258 g/mol. The molecule has 0 fully saturated rings. The van der Waals surface area contributed by atoms with E-state index in [4.69, 9.17) is 11.6 Å². The molecule has 1 heterocycles. The van der Waals surface area contributed by atoms with Gasteiger partial charge in [0.15, 0.2) is 0 Å². The van der Waals surface area contributed by atoms with Crippen LogP contribution in [0.3, 0.4) is 0 Å². The summed E-state index contributed by atoms with van der Waals surface area (Å²) in [6, 6.07) is 0.262. The molecular formula is C12H20ClN3O. The molecule has 96 valence electrons. The zero-order valence-electron chi connectivity index (χ0n) is 11.0. The molecule has 0 saturated heterocycles. The maximum Gasteiger partial charge on any atom is 0.243 e. The summed E-state index contributed by atoms with van der Waals surface area (Å²) in [5.74, 6) is -0.192. The first-order chi connectivity index (χ1) is 7.70. The number of aromatic nitrogens is 2. The molecule has 0 saturated carbocycles. The molecule has 1 N–H and O–H groups in total. The minimum atomic E-state index is -0.693. The van der Waals surface area contributed by atoms with E-state index in [2.05, 4.69) is 10.4 Å². The highest BCUT2D eigenvalue weighted by Crippen LogP contribution is 2.22. The van der Waals surface area contributed by atoms with E-state index in [1.807, 2.05) is 40.8 Å². The Morgan fingerprint density at radius 3 is 2.47 bits per heavy atom. The topological polar surface area (TPSA) is 46.9 Å². The van der Waals surface area contributed by atoms with Crippen LogP contribution < -0.4 is 5.32 Å². The summed E-state index contributed by atoms with van der Waals surface area (Å²) in [5, 5.41) is 6.32. The maximum atomic E-state index is 11.9. The minimum Gasteiger partial charge on any atom is -0.350 e. The zero-order chi connectivity index (χ0) is 13.2. The largest absolute Gasteiger partial charge is 0.350 e. The van der Waals surface area contributed by atoms with Crippen LogP contribution in [0.15, 0.2) is 12.4 Å². The summed E-state index contributed by atoms with van der Waals surface area (Å²) in [6.07, 6.45) is 3.45. The minimum absolute atomic E-state index is 0.192. The van der Waals surface area contributed by atoms with Crippen LogP contribution in [0, 0.1) is 0 Å². The van der Waals surface area contributed by atoms with Gasteiger partial charge < -0.3 is 5.32 Å². The maximum absolute atomic E-state index is 11.9. The first kappa shape index (κ1) is 14.0. The molecule has 1 unspecified atom stereocenters. The van der Waals surface area contributed by atoms with Crippen molar-refractivity contribution < 1.29 is 4.79 Å². The predicted octanol–water partition coefficient (Wildman–Crippen LogP) is 2.66. The van der Waals surface area contributed by atoms with Crippen LogP contribution in [0.25, 0.3) is 0 Å². The fourth-order valence-electron chi connectivity index (χ4n) is 1.35. The number of carbonyl (C=O) groups is 1. The lowest BCUT2D eigenvalue weighted by Crippen LogP contribution is -2.42. The van der Waals surface area contributed by atoms with Gasteiger partial charge in [0.2, 0.25) is 5.91 Å². The highest BCUT2D eigenvalue weighted by Gasteiger charge is 2.23. The highest BCUT2D eigenvalue weighted by atomic mass is 35.5. The van der Waals surface area contributed by atoms with Crippen LogP contribution >= 0.6 is 11.6 Å². The van der Waals surface area contributed by atoms with Crippen molar-refractivity contribution in [1.82, 2.24) is 15.1 Å². The second-order valence-corrected chi connectivity index (χ2v) is 5.89.